The molecule has 0 saturated carbocycles. The monoisotopic (exact) mass is 254 g/mol. The van der Waals surface area contributed by atoms with Crippen LogP contribution in [0.25, 0.3) is 0 Å². The summed E-state index contributed by atoms with van der Waals surface area (Å²) in [6, 6.07) is 0. The normalized spacial score (nSPS) is 11.7. The minimum absolute atomic E-state index is 0. The third-order valence-corrected chi connectivity index (χ3v) is 0.757. The van der Waals surface area contributed by atoms with Crippen molar-refractivity contribution in [3.63, 3.8) is 0 Å². The van der Waals surface area contributed by atoms with E-state index in [2.05, 4.69) is 6.58 Å². The van der Waals surface area contributed by atoms with E-state index in [9.17, 15) is 0 Å². The zero-order chi connectivity index (χ0) is 11.6. The summed E-state index contributed by atoms with van der Waals surface area (Å²) in [6.45, 7) is 3.74. The molecule has 0 heterocycles. The van der Waals surface area contributed by atoms with Crippen LogP contribution >= 0.6 is 0 Å². The van der Waals surface area contributed by atoms with E-state index in [-0.39, 0.29) is 44.2 Å². The quantitative estimate of drug-likeness (QED) is 0.170. The van der Waals surface area contributed by atoms with Crippen LogP contribution in [0, 0.1) is 0 Å². The second kappa shape index (κ2) is 12.6. The Balaban J connectivity index is -0.0000000904. The molecule has 0 saturated heterocycles. The van der Waals surface area contributed by atoms with Crippen molar-refractivity contribution in [1.29, 1.82) is 0 Å². The van der Waals surface area contributed by atoms with Gasteiger partial charge in [0.15, 0.2) is 0 Å². The van der Waals surface area contributed by atoms with Gasteiger partial charge in [-0.15, -0.1) is 6.58 Å². The fraction of sp³-hybridized carbons (Fsp3) is 0.667. The number of hydrogen-bond acceptors (Lipinski definition) is 5. The molecular formula is C6H15NaO7S. The fourth-order valence-electron chi connectivity index (χ4n) is 0.340. The number of ether oxygens (including phenoxy) is 1. The Kier molecular flexibility index (Phi) is 17.5. The summed E-state index contributed by atoms with van der Waals surface area (Å²) in [6.07, 6.45) is 0.828. The molecule has 0 aromatic heterocycles. The van der Waals surface area contributed by atoms with Crippen molar-refractivity contribution in [3.8, 4) is 0 Å². The summed E-state index contributed by atoms with van der Waals surface area (Å²) in [5.74, 6) is 0. The summed E-state index contributed by atoms with van der Waals surface area (Å²) < 4.78 is 36.4. The maximum Gasteiger partial charge on any atom is 1.00 e. The van der Waals surface area contributed by atoms with E-state index in [1.54, 1.807) is 6.08 Å². The minimum atomic E-state index is -4.67. The fourth-order valence-corrected chi connectivity index (χ4v) is 0.340. The summed E-state index contributed by atoms with van der Waals surface area (Å²) in [7, 11) is -4.67. The van der Waals surface area contributed by atoms with Gasteiger partial charge in [0, 0.05) is 0 Å². The molecule has 1 unspecified atom stereocenters. The molecule has 4 N–H and O–H groups in total. The Morgan fingerprint density at radius 1 is 1.47 bits per heavy atom. The van der Waals surface area contributed by atoms with E-state index >= 15 is 0 Å². The van der Waals surface area contributed by atoms with Gasteiger partial charge in [0.2, 0.25) is 0 Å². The van der Waals surface area contributed by atoms with E-state index in [4.69, 9.17) is 32.5 Å². The summed E-state index contributed by atoms with van der Waals surface area (Å²) >= 11 is 0. The van der Waals surface area contributed by atoms with Crippen LogP contribution in [-0.4, -0.2) is 53.7 Å². The topological polar surface area (TPSA) is 124 Å². The SMILES string of the molecule is C=CCOCC(O)CO.O=S(=O)(O)O.[H-].[Na+]. The van der Waals surface area contributed by atoms with Gasteiger partial charge in [0.1, 0.15) is 6.10 Å². The minimum Gasteiger partial charge on any atom is -1.00 e. The second-order valence-corrected chi connectivity index (χ2v) is 3.01. The first-order chi connectivity index (χ1) is 6.31. The number of aliphatic hydroxyl groups excluding tert-OH is 2. The standard InChI is InChI=1S/C6H12O3.Na.H2O4S.H/c1-2-3-9-5-6(8)4-7;;1-5(2,3)4;/h2,6-8H,1,3-5H2;;(H2,1,2,3,4);/q;+1;;-1. The molecule has 0 rings (SSSR count). The van der Waals surface area contributed by atoms with Crippen molar-refractivity contribution in [3.05, 3.63) is 12.7 Å². The van der Waals surface area contributed by atoms with Gasteiger partial charge in [-0.05, 0) is 0 Å². The molecule has 0 aliphatic heterocycles. The van der Waals surface area contributed by atoms with Crippen molar-refractivity contribution in [1.82, 2.24) is 0 Å². The first-order valence-corrected chi connectivity index (χ1v) is 4.88. The van der Waals surface area contributed by atoms with Crippen LogP contribution < -0.4 is 29.6 Å². The van der Waals surface area contributed by atoms with E-state index in [0.717, 1.165) is 0 Å². The van der Waals surface area contributed by atoms with Crippen LogP contribution in [0.4, 0.5) is 0 Å². The van der Waals surface area contributed by atoms with Crippen LogP contribution in [0.3, 0.4) is 0 Å². The molecule has 88 valence electrons. The molecule has 0 amide bonds. The number of aliphatic hydroxyl groups is 2. The molecule has 0 bridgehead atoms. The molecule has 0 fully saturated rings. The van der Waals surface area contributed by atoms with Crippen molar-refractivity contribution >= 4 is 10.4 Å². The van der Waals surface area contributed by atoms with E-state index in [0.29, 0.717) is 6.61 Å². The van der Waals surface area contributed by atoms with Gasteiger partial charge in [0.05, 0.1) is 19.8 Å². The van der Waals surface area contributed by atoms with E-state index < -0.39 is 16.5 Å². The Morgan fingerprint density at radius 3 is 2.13 bits per heavy atom. The zero-order valence-electron chi connectivity index (χ0n) is 9.40. The maximum absolute atomic E-state index is 8.74. The average molecular weight is 254 g/mol. The van der Waals surface area contributed by atoms with Crippen LogP contribution in [0.5, 0.6) is 0 Å². The van der Waals surface area contributed by atoms with E-state index in [1.165, 1.54) is 0 Å². The van der Waals surface area contributed by atoms with Crippen molar-refractivity contribution in [2.75, 3.05) is 19.8 Å². The summed E-state index contributed by atoms with van der Waals surface area (Å²) in [5.41, 5.74) is 0. The van der Waals surface area contributed by atoms with Gasteiger partial charge in [-0.3, -0.25) is 9.11 Å². The van der Waals surface area contributed by atoms with Crippen LogP contribution in [0.2, 0.25) is 0 Å². The van der Waals surface area contributed by atoms with Crippen LogP contribution in [-0.2, 0) is 15.1 Å². The third kappa shape index (κ3) is 40.3. The van der Waals surface area contributed by atoms with Gasteiger partial charge in [-0.25, -0.2) is 0 Å². The molecule has 9 heteroatoms. The number of rotatable bonds is 5. The Labute approximate surface area is 112 Å². The van der Waals surface area contributed by atoms with Gasteiger partial charge < -0.3 is 16.4 Å². The average Bonchev–Trinajstić information content (AvgIpc) is 2.01. The van der Waals surface area contributed by atoms with Crippen molar-refractivity contribution in [2.24, 2.45) is 0 Å². The number of hydrogen-bond donors (Lipinski definition) is 4. The van der Waals surface area contributed by atoms with Gasteiger partial charge in [-0.1, -0.05) is 6.08 Å². The van der Waals surface area contributed by atoms with Crippen molar-refractivity contribution < 1.29 is 63.5 Å². The van der Waals surface area contributed by atoms with Gasteiger partial charge in [-0.2, -0.15) is 8.42 Å². The molecule has 0 spiro atoms. The Morgan fingerprint density at radius 2 is 1.87 bits per heavy atom. The van der Waals surface area contributed by atoms with Gasteiger partial charge >= 0.3 is 40.0 Å². The second-order valence-electron chi connectivity index (χ2n) is 2.11. The molecular weight excluding hydrogens is 239 g/mol. The van der Waals surface area contributed by atoms with Crippen LogP contribution in [0.15, 0.2) is 12.7 Å². The van der Waals surface area contributed by atoms with E-state index in [1.807, 2.05) is 0 Å². The molecule has 7 nitrogen and oxygen atoms in total. The maximum atomic E-state index is 8.74. The Hall–Kier alpha value is 0.490. The first kappa shape index (κ1) is 20.8. The summed E-state index contributed by atoms with van der Waals surface area (Å²) in [5, 5.41) is 17.0. The molecule has 1 atom stereocenters. The zero-order valence-corrected chi connectivity index (χ0v) is 11.2. The first-order valence-electron chi connectivity index (χ1n) is 3.48. The van der Waals surface area contributed by atoms with Gasteiger partial charge in [0.25, 0.3) is 0 Å². The largest absolute Gasteiger partial charge is 1.00 e. The molecule has 0 aliphatic carbocycles. The smallest absolute Gasteiger partial charge is 1.00 e. The predicted molar refractivity (Wildman–Crippen MR) is 49.4 cm³/mol. The molecule has 0 radical (unpaired) electrons. The molecule has 0 aromatic rings. The molecule has 0 aliphatic rings. The van der Waals surface area contributed by atoms with Crippen LogP contribution in [0.1, 0.15) is 1.43 Å². The molecule has 0 aromatic carbocycles. The Bertz CT molecular complexity index is 225. The summed E-state index contributed by atoms with van der Waals surface area (Å²) in [4.78, 5) is 0. The van der Waals surface area contributed by atoms with Crippen molar-refractivity contribution in [2.45, 2.75) is 6.10 Å². The predicted octanol–water partition coefficient (Wildman–Crippen LogP) is -3.99. The molecule has 15 heavy (non-hydrogen) atoms. The third-order valence-electron chi connectivity index (χ3n) is 0.757.